The molecule has 19 heavy (non-hydrogen) atoms. The topological polar surface area (TPSA) is 68.2 Å². The molecule has 6 nitrogen and oxygen atoms in total. The van der Waals surface area contributed by atoms with E-state index in [2.05, 4.69) is 34.0 Å². The van der Waals surface area contributed by atoms with E-state index in [0.29, 0.717) is 5.89 Å². The van der Waals surface area contributed by atoms with Gasteiger partial charge in [-0.3, -0.25) is 4.90 Å². The third kappa shape index (κ3) is 2.53. The molecular weight excluding hydrogens is 244 g/mol. The Hall–Kier alpha value is -1.69. The molecule has 3 heterocycles. The Kier molecular flexibility index (Phi) is 3.33. The van der Waals surface area contributed by atoms with Crippen molar-refractivity contribution < 1.29 is 9.05 Å². The standard InChI is InChI=1S/C13H18N4O2/c1-9(2)13-15-12(16-19-13)11-4-3-7-17(11)8-10-5-6-14-18-10/h5-6,9,11H,3-4,7-8H2,1-2H3. The molecule has 0 N–H and O–H groups in total. The minimum Gasteiger partial charge on any atom is -0.360 e. The van der Waals surface area contributed by atoms with Crippen molar-refractivity contribution in [3.63, 3.8) is 0 Å². The van der Waals surface area contributed by atoms with E-state index >= 15 is 0 Å². The number of aromatic nitrogens is 3. The van der Waals surface area contributed by atoms with E-state index in [1.54, 1.807) is 6.20 Å². The average Bonchev–Trinajstić information content (AvgIpc) is 3.09. The molecule has 0 spiro atoms. The first-order chi connectivity index (χ1) is 9.24. The molecule has 0 radical (unpaired) electrons. The molecule has 3 rings (SSSR count). The SMILES string of the molecule is CC(C)c1nc(C2CCCN2Cc2ccno2)no1. The molecule has 1 atom stereocenters. The molecule has 1 aliphatic rings. The molecule has 102 valence electrons. The van der Waals surface area contributed by atoms with E-state index in [9.17, 15) is 0 Å². The van der Waals surface area contributed by atoms with Gasteiger partial charge in [-0.2, -0.15) is 4.98 Å². The van der Waals surface area contributed by atoms with E-state index in [-0.39, 0.29) is 12.0 Å². The van der Waals surface area contributed by atoms with Crippen LogP contribution in [-0.4, -0.2) is 26.7 Å². The van der Waals surface area contributed by atoms with Gasteiger partial charge in [-0.25, -0.2) is 0 Å². The van der Waals surface area contributed by atoms with Gasteiger partial charge in [0, 0.05) is 12.0 Å². The third-order valence-electron chi connectivity index (χ3n) is 3.46. The van der Waals surface area contributed by atoms with Crippen LogP contribution in [-0.2, 0) is 6.54 Å². The molecule has 1 aliphatic heterocycles. The predicted molar refractivity (Wildman–Crippen MR) is 67.3 cm³/mol. The lowest BCUT2D eigenvalue weighted by molar-refractivity contribution is 0.207. The number of nitrogens with zero attached hydrogens (tertiary/aromatic N) is 4. The molecule has 1 fully saturated rings. The van der Waals surface area contributed by atoms with E-state index in [1.807, 2.05) is 6.07 Å². The van der Waals surface area contributed by atoms with Crippen molar-refractivity contribution in [2.24, 2.45) is 0 Å². The van der Waals surface area contributed by atoms with Gasteiger partial charge in [0.15, 0.2) is 11.6 Å². The van der Waals surface area contributed by atoms with Crippen LogP contribution >= 0.6 is 0 Å². The quantitative estimate of drug-likeness (QED) is 0.843. The zero-order valence-corrected chi connectivity index (χ0v) is 11.2. The zero-order valence-electron chi connectivity index (χ0n) is 11.2. The summed E-state index contributed by atoms with van der Waals surface area (Å²) < 4.78 is 10.5. The van der Waals surface area contributed by atoms with Gasteiger partial charge in [0.05, 0.1) is 18.8 Å². The smallest absolute Gasteiger partial charge is 0.229 e. The predicted octanol–water partition coefficient (Wildman–Crippen LogP) is 2.52. The van der Waals surface area contributed by atoms with Gasteiger partial charge >= 0.3 is 0 Å². The van der Waals surface area contributed by atoms with Gasteiger partial charge in [-0.15, -0.1) is 0 Å². The van der Waals surface area contributed by atoms with Crippen molar-refractivity contribution >= 4 is 0 Å². The van der Waals surface area contributed by atoms with Gasteiger partial charge in [-0.1, -0.05) is 24.2 Å². The fourth-order valence-electron chi connectivity index (χ4n) is 2.45. The minimum absolute atomic E-state index is 0.223. The van der Waals surface area contributed by atoms with E-state index in [0.717, 1.165) is 37.5 Å². The van der Waals surface area contributed by atoms with Crippen molar-refractivity contribution in [3.8, 4) is 0 Å². The van der Waals surface area contributed by atoms with Crippen LogP contribution in [0, 0.1) is 0 Å². The molecule has 1 unspecified atom stereocenters. The Balaban J connectivity index is 1.74. The molecule has 2 aromatic heterocycles. The summed E-state index contributed by atoms with van der Waals surface area (Å²) in [6.45, 7) is 5.88. The van der Waals surface area contributed by atoms with Gasteiger partial charge in [0.2, 0.25) is 5.89 Å². The van der Waals surface area contributed by atoms with Crippen LogP contribution in [0.25, 0.3) is 0 Å². The van der Waals surface area contributed by atoms with Crippen LogP contribution in [0.3, 0.4) is 0 Å². The molecule has 2 aromatic rings. The van der Waals surface area contributed by atoms with Crippen LogP contribution in [0.15, 0.2) is 21.3 Å². The van der Waals surface area contributed by atoms with Crippen molar-refractivity contribution in [1.29, 1.82) is 0 Å². The highest BCUT2D eigenvalue weighted by Crippen LogP contribution is 2.32. The summed E-state index contributed by atoms with van der Waals surface area (Å²) >= 11 is 0. The maximum Gasteiger partial charge on any atom is 0.229 e. The zero-order chi connectivity index (χ0) is 13.2. The first kappa shape index (κ1) is 12.3. The fraction of sp³-hybridized carbons (Fsp3) is 0.615. The van der Waals surface area contributed by atoms with Crippen LogP contribution < -0.4 is 0 Å². The van der Waals surface area contributed by atoms with E-state index in [4.69, 9.17) is 9.05 Å². The van der Waals surface area contributed by atoms with Crippen LogP contribution in [0.4, 0.5) is 0 Å². The largest absolute Gasteiger partial charge is 0.360 e. The minimum atomic E-state index is 0.223. The van der Waals surface area contributed by atoms with Gasteiger partial charge < -0.3 is 9.05 Å². The van der Waals surface area contributed by atoms with Crippen LogP contribution in [0.5, 0.6) is 0 Å². The molecule has 6 heteroatoms. The van der Waals surface area contributed by atoms with Crippen molar-refractivity contribution in [3.05, 3.63) is 29.7 Å². The highest BCUT2D eigenvalue weighted by Gasteiger charge is 2.30. The normalized spacial score (nSPS) is 20.5. The summed E-state index contributed by atoms with van der Waals surface area (Å²) in [6.07, 6.45) is 3.88. The number of hydrogen-bond acceptors (Lipinski definition) is 6. The van der Waals surface area contributed by atoms with Crippen LogP contribution in [0.2, 0.25) is 0 Å². The second-order valence-electron chi connectivity index (χ2n) is 5.25. The Labute approximate surface area is 111 Å². The first-order valence-corrected chi connectivity index (χ1v) is 6.71. The van der Waals surface area contributed by atoms with E-state index in [1.165, 1.54) is 0 Å². The lowest BCUT2D eigenvalue weighted by atomic mass is 10.2. The average molecular weight is 262 g/mol. The lowest BCUT2D eigenvalue weighted by Crippen LogP contribution is -2.23. The Morgan fingerprint density at radius 2 is 2.32 bits per heavy atom. The molecule has 0 saturated carbocycles. The number of likely N-dealkylation sites (tertiary alicyclic amines) is 1. The summed E-state index contributed by atoms with van der Waals surface area (Å²) in [6, 6.07) is 2.12. The second kappa shape index (κ2) is 5.13. The number of hydrogen-bond donors (Lipinski definition) is 0. The maximum atomic E-state index is 5.30. The Morgan fingerprint density at radius 3 is 3.00 bits per heavy atom. The number of rotatable bonds is 4. The van der Waals surface area contributed by atoms with Gasteiger partial charge in [-0.05, 0) is 19.4 Å². The maximum absolute atomic E-state index is 5.30. The molecule has 0 aliphatic carbocycles. The summed E-state index contributed by atoms with van der Waals surface area (Å²) in [4.78, 5) is 6.82. The van der Waals surface area contributed by atoms with Gasteiger partial charge in [0.25, 0.3) is 0 Å². The molecule has 0 bridgehead atoms. The van der Waals surface area contributed by atoms with Crippen molar-refractivity contribution in [2.45, 2.75) is 45.2 Å². The summed E-state index contributed by atoms with van der Waals surface area (Å²) in [5.41, 5.74) is 0. The van der Waals surface area contributed by atoms with Crippen LogP contribution in [0.1, 0.15) is 56.1 Å². The third-order valence-corrected chi connectivity index (χ3v) is 3.46. The Morgan fingerprint density at radius 1 is 1.42 bits per heavy atom. The molecule has 0 amide bonds. The summed E-state index contributed by atoms with van der Waals surface area (Å²) in [5, 5.41) is 7.86. The highest BCUT2D eigenvalue weighted by molar-refractivity contribution is 5.02. The molecular formula is C13H18N4O2. The Bertz CT molecular complexity index is 520. The first-order valence-electron chi connectivity index (χ1n) is 6.71. The van der Waals surface area contributed by atoms with Crippen molar-refractivity contribution in [2.75, 3.05) is 6.54 Å². The fourth-order valence-corrected chi connectivity index (χ4v) is 2.45. The highest BCUT2D eigenvalue weighted by atomic mass is 16.5. The molecule has 1 saturated heterocycles. The summed E-state index contributed by atoms with van der Waals surface area (Å²) in [5.74, 6) is 2.65. The summed E-state index contributed by atoms with van der Waals surface area (Å²) in [7, 11) is 0. The second-order valence-corrected chi connectivity index (χ2v) is 5.25. The van der Waals surface area contributed by atoms with E-state index < -0.39 is 0 Å². The monoisotopic (exact) mass is 262 g/mol. The van der Waals surface area contributed by atoms with Gasteiger partial charge in [0.1, 0.15) is 0 Å². The lowest BCUT2D eigenvalue weighted by Gasteiger charge is -2.19. The molecule has 0 aromatic carbocycles. The van der Waals surface area contributed by atoms with Crippen molar-refractivity contribution in [1.82, 2.24) is 20.2 Å².